The molecule has 1 N–H and O–H groups in total. The number of nitrogens with zero attached hydrogens (tertiary/aromatic N) is 5. The number of hydrogen-bond donors (Lipinski definition) is 1. The van der Waals surface area contributed by atoms with E-state index in [9.17, 15) is 0 Å². The quantitative estimate of drug-likeness (QED) is 0.843. The van der Waals surface area contributed by atoms with E-state index in [1.807, 2.05) is 24.3 Å². The molecule has 2 aliphatic rings. The molecule has 0 unspecified atom stereocenters. The molecule has 0 saturated carbocycles. The first-order chi connectivity index (χ1) is 13.8. The second-order valence-corrected chi connectivity index (χ2v) is 7.11. The first kappa shape index (κ1) is 18.7. The molecule has 0 amide bonds. The summed E-state index contributed by atoms with van der Waals surface area (Å²) in [5, 5.41) is 3.33. The first-order valence-electron chi connectivity index (χ1n) is 10.1. The molecule has 0 atom stereocenters. The number of methoxy groups -OCH3 is 1. The van der Waals surface area contributed by atoms with Gasteiger partial charge in [0, 0.05) is 31.9 Å². The van der Waals surface area contributed by atoms with E-state index in [4.69, 9.17) is 24.4 Å². The molecule has 0 spiro atoms. The fourth-order valence-electron chi connectivity index (χ4n) is 3.53. The van der Waals surface area contributed by atoms with Crippen LogP contribution in [0.3, 0.4) is 0 Å². The third-order valence-corrected chi connectivity index (χ3v) is 5.14. The third-order valence-electron chi connectivity index (χ3n) is 5.14. The van der Waals surface area contributed by atoms with Gasteiger partial charge in [0.1, 0.15) is 5.75 Å². The number of anilines is 4. The molecule has 150 valence electrons. The van der Waals surface area contributed by atoms with E-state index < -0.39 is 0 Å². The molecule has 2 fully saturated rings. The van der Waals surface area contributed by atoms with Crippen LogP contribution >= 0.6 is 0 Å². The lowest BCUT2D eigenvalue weighted by atomic mass is 10.2. The fourth-order valence-corrected chi connectivity index (χ4v) is 3.53. The molecule has 2 aromatic rings. The predicted octanol–water partition coefficient (Wildman–Crippen LogP) is 2.84. The van der Waals surface area contributed by atoms with Crippen molar-refractivity contribution in [3.63, 3.8) is 0 Å². The van der Waals surface area contributed by atoms with Crippen LogP contribution in [-0.4, -0.2) is 61.5 Å². The predicted molar refractivity (Wildman–Crippen MR) is 110 cm³/mol. The number of morpholine rings is 1. The molecule has 1 aromatic carbocycles. The molecule has 2 aliphatic heterocycles. The lowest BCUT2D eigenvalue weighted by molar-refractivity contribution is 0.122. The smallest absolute Gasteiger partial charge is 0.233 e. The van der Waals surface area contributed by atoms with Gasteiger partial charge in [0.25, 0.3) is 0 Å². The highest BCUT2D eigenvalue weighted by Gasteiger charge is 2.20. The summed E-state index contributed by atoms with van der Waals surface area (Å²) in [7, 11) is 1.66. The van der Waals surface area contributed by atoms with Gasteiger partial charge in [0.2, 0.25) is 17.8 Å². The second-order valence-electron chi connectivity index (χ2n) is 7.11. The van der Waals surface area contributed by atoms with Gasteiger partial charge in [-0.3, -0.25) is 0 Å². The van der Waals surface area contributed by atoms with Crippen molar-refractivity contribution in [2.24, 2.45) is 0 Å². The van der Waals surface area contributed by atoms with Crippen LogP contribution < -0.4 is 19.9 Å². The van der Waals surface area contributed by atoms with Gasteiger partial charge in [0.05, 0.1) is 20.3 Å². The van der Waals surface area contributed by atoms with Gasteiger partial charge in [-0.2, -0.15) is 15.0 Å². The van der Waals surface area contributed by atoms with E-state index in [1.54, 1.807) is 7.11 Å². The van der Waals surface area contributed by atoms with Crippen molar-refractivity contribution in [3.05, 3.63) is 24.3 Å². The van der Waals surface area contributed by atoms with Crippen LogP contribution in [0, 0.1) is 0 Å². The zero-order chi connectivity index (χ0) is 19.2. The molecule has 8 heteroatoms. The maximum Gasteiger partial charge on any atom is 0.233 e. The molecular weight excluding hydrogens is 356 g/mol. The Morgan fingerprint density at radius 1 is 0.821 bits per heavy atom. The van der Waals surface area contributed by atoms with Crippen LogP contribution in [0.1, 0.15) is 25.7 Å². The third kappa shape index (κ3) is 4.62. The highest BCUT2D eigenvalue weighted by atomic mass is 16.5. The maximum atomic E-state index is 5.48. The maximum absolute atomic E-state index is 5.48. The van der Waals surface area contributed by atoms with Crippen molar-refractivity contribution in [1.82, 2.24) is 15.0 Å². The van der Waals surface area contributed by atoms with E-state index in [2.05, 4.69) is 15.1 Å². The Morgan fingerprint density at radius 2 is 1.43 bits per heavy atom. The van der Waals surface area contributed by atoms with Crippen LogP contribution in [0.4, 0.5) is 23.5 Å². The average Bonchev–Trinajstić information content (AvgIpc) is 3.04. The van der Waals surface area contributed by atoms with Crippen molar-refractivity contribution < 1.29 is 9.47 Å². The normalized spacial score (nSPS) is 17.9. The van der Waals surface area contributed by atoms with Gasteiger partial charge in [-0.1, -0.05) is 12.8 Å². The average molecular weight is 384 g/mol. The van der Waals surface area contributed by atoms with Crippen molar-refractivity contribution in [2.75, 3.05) is 61.6 Å². The molecule has 28 heavy (non-hydrogen) atoms. The van der Waals surface area contributed by atoms with E-state index >= 15 is 0 Å². The van der Waals surface area contributed by atoms with Crippen molar-refractivity contribution in [1.29, 1.82) is 0 Å². The molecule has 4 rings (SSSR count). The number of aromatic nitrogens is 3. The summed E-state index contributed by atoms with van der Waals surface area (Å²) in [6.45, 7) is 4.98. The van der Waals surface area contributed by atoms with Gasteiger partial charge in [-0.05, 0) is 37.1 Å². The van der Waals surface area contributed by atoms with Gasteiger partial charge < -0.3 is 24.6 Å². The fraction of sp³-hybridized carbons (Fsp3) is 0.550. The topological polar surface area (TPSA) is 75.6 Å². The van der Waals surface area contributed by atoms with Crippen molar-refractivity contribution >= 4 is 23.5 Å². The second kappa shape index (κ2) is 9.05. The summed E-state index contributed by atoms with van der Waals surface area (Å²) in [4.78, 5) is 18.7. The highest BCUT2D eigenvalue weighted by molar-refractivity contribution is 5.57. The number of nitrogens with one attached hydrogen (secondary N) is 1. The summed E-state index contributed by atoms with van der Waals surface area (Å²) >= 11 is 0. The molecule has 1 aromatic heterocycles. The van der Waals surface area contributed by atoms with Gasteiger partial charge in [-0.15, -0.1) is 0 Å². The van der Waals surface area contributed by atoms with Gasteiger partial charge in [-0.25, -0.2) is 0 Å². The van der Waals surface area contributed by atoms with Crippen LogP contribution in [0.25, 0.3) is 0 Å². The van der Waals surface area contributed by atoms with E-state index in [0.29, 0.717) is 25.1 Å². The minimum Gasteiger partial charge on any atom is -0.497 e. The zero-order valence-corrected chi connectivity index (χ0v) is 16.4. The summed E-state index contributed by atoms with van der Waals surface area (Å²) in [6, 6.07) is 7.76. The zero-order valence-electron chi connectivity index (χ0n) is 16.4. The summed E-state index contributed by atoms with van der Waals surface area (Å²) in [5.41, 5.74) is 0.918. The Kier molecular flexibility index (Phi) is 6.06. The molecule has 3 heterocycles. The first-order valence-corrected chi connectivity index (χ1v) is 10.1. The van der Waals surface area contributed by atoms with Crippen molar-refractivity contribution in [2.45, 2.75) is 25.7 Å². The molecular formula is C20H28N6O2. The van der Waals surface area contributed by atoms with E-state index in [-0.39, 0.29) is 0 Å². The Bertz CT molecular complexity index is 756. The lowest BCUT2D eigenvalue weighted by Gasteiger charge is -2.28. The van der Waals surface area contributed by atoms with Crippen LogP contribution in [-0.2, 0) is 4.74 Å². The summed E-state index contributed by atoms with van der Waals surface area (Å²) in [6.07, 6.45) is 4.91. The van der Waals surface area contributed by atoms with Crippen molar-refractivity contribution in [3.8, 4) is 5.75 Å². The number of rotatable bonds is 5. The summed E-state index contributed by atoms with van der Waals surface area (Å²) in [5.74, 6) is 2.87. The Balaban J connectivity index is 1.61. The van der Waals surface area contributed by atoms with E-state index in [1.165, 1.54) is 25.7 Å². The van der Waals surface area contributed by atoms with Crippen LogP contribution in [0.2, 0.25) is 0 Å². The largest absolute Gasteiger partial charge is 0.497 e. The van der Waals surface area contributed by atoms with Gasteiger partial charge >= 0.3 is 0 Å². The minimum absolute atomic E-state index is 0.570. The number of ether oxygens (including phenoxy) is 2. The van der Waals surface area contributed by atoms with E-state index in [0.717, 1.165) is 43.6 Å². The number of benzene rings is 1. The monoisotopic (exact) mass is 384 g/mol. The lowest BCUT2D eigenvalue weighted by Crippen LogP contribution is -2.38. The Morgan fingerprint density at radius 3 is 2.04 bits per heavy atom. The molecule has 0 bridgehead atoms. The molecule has 8 nitrogen and oxygen atoms in total. The Labute approximate surface area is 165 Å². The Hall–Kier alpha value is -2.61. The van der Waals surface area contributed by atoms with Gasteiger partial charge in [0.15, 0.2) is 0 Å². The SMILES string of the molecule is COc1ccc(Nc2nc(N3CCCCCC3)nc(N3CCOCC3)n2)cc1. The molecule has 2 saturated heterocycles. The summed E-state index contributed by atoms with van der Waals surface area (Å²) < 4.78 is 10.7. The standard InChI is InChI=1S/C20H28N6O2/c1-27-17-8-6-16(7-9-17)21-18-22-19(25-10-4-2-3-5-11-25)24-20(23-18)26-12-14-28-15-13-26/h6-9H,2-5,10-15H2,1H3,(H,21,22,23,24). The highest BCUT2D eigenvalue weighted by Crippen LogP contribution is 2.23. The van der Waals surface area contributed by atoms with Crippen LogP contribution in [0.5, 0.6) is 5.75 Å². The molecule has 0 radical (unpaired) electrons. The number of hydrogen-bond acceptors (Lipinski definition) is 8. The minimum atomic E-state index is 0.570. The van der Waals surface area contributed by atoms with Crippen LogP contribution in [0.15, 0.2) is 24.3 Å². The molecule has 0 aliphatic carbocycles.